The normalized spacial score (nSPS) is 19.9. The summed E-state index contributed by atoms with van der Waals surface area (Å²) in [5.41, 5.74) is 0.217. The molecule has 1 fully saturated rings. The molecule has 1 aliphatic heterocycles. The third-order valence-electron chi connectivity index (χ3n) is 5.02. The van der Waals surface area contributed by atoms with Gasteiger partial charge < -0.3 is 15.2 Å². The number of benzene rings is 2. The van der Waals surface area contributed by atoms with Crippen LogP contribution in [0.15, 0.2) is 48.5 Å². The zero-order valence-corrected chi connectivity index (χ0v) is 16.9. The summed E-state index contributed by atoms with van der Waals surface area (Å²) >= 11 is 5.84. The predicted molar refractivity (Wildman–Crippen MR) is 106 cm³/mol. The molecule has 9 heteroatoms. The minimum atomic E-state index is -2.89. The lowest BCUT2D eigenvalue weighted by molar-refractivity contribution is -0.132. The molecule has 3 amide bonds. The van der Waals surface area contributed by atoms with E-state index in [4.69, 9.17) is 11.6 Å². The Morgan fingerprint density at radius 3 is 2.37 bits per heavy atom. The molecule has 2 aromatic carbocycles. The van der Waals surface area contributed by atoms with Crippen LogP contribution < -0.4 is 10.1 Å². The maximum Gasteiger partial charge on any atom is 0.387 e. The molecule has 2 atom stereocenters. The predicted octanol–water partition coefficient (Wildman–Crippen LogP) is 3.92. The summed E-state index contributed by atoms with van der Waals surface area (Å²) in [6, 6.07) is 12.0. The number of imide groups is 1. The smallest absolute Gasteiger partial charge is 0.387 e. The van der Waals surface area contributed by atoms with Gasteiger partial charge in [0.05, 0.1) is 12.6 Å². The number of hydrogen-bond acceptors (Lipinski definition) is 4. The van der Waals surface area contributed by atoms with Gasteiger partial charge in [-0.25, -0.2) is 4.79 Å². The Kier molecular flexibility index (Phi) is 6.58. The van der Waals surface area contributed by atoms with Crippen molar-refractivity contribution in [1.82, 2.24) is 10.2 Å². The molecule has 2 N–H and O–H groups in total. The average molecular weight is 439 g/mol. The number of β-amino-alcohol motifs (C(OH)–C–C–N with tert-alkyl or cyclic N) is 1. The summed E-state index contributed by atoms with van der Waals surface area (Å²) < 4.78 is 28.8. The molecule has 3 rings (SSSR count). The number of rotatable bonds is 8. The molecule has 160 valence electrons. The largest absolute Gasteiger partial charge is 0.435 e. The number of urea groups is 1. The number of aliphatic hydroxyl groups excluding tert-OH is 1. The highest BCUT2D eigenvalue weighted by Gasteiger charge is 2.47. The fourth-order valence-corrected chi connectivity index (χ4v) is 3.40. The molecule has 1 saturated heterocycles. The van der Waals surface area contributed by atoms with Gasteiger partial charge in [0.25, 0.3) is 5.91 Å². The van der Waals surface area contributed by atoms with E-state index in [9.17, 15) is 23.5 Å². The Hall–Kier alpha value is -2.71. The first-order valence-electron chi connectivity index (χ1n) is 9.29. The van der Waals surface area contributed by atoms with Gasteiger partial charge in [-0.1, -0.05) is 35.9 Å². The monoisotopic (exact) mass is 438 g/mol. The maximum absolute atomic E-state index is 12.9. The van der Waals surface area contributed by atoms with E-state index in [0.717, 1.165) is 10.5 Å². The van der Waals surface area contributed by atoms with E-state index in [0.29, 0.717) is 23.4 Å². The van der Waals surface area contributed by atoms with Gasteiger partial charge >= 0.3 is 12.6 Å². The molecule has 1 aliphatic rings. The molecule has 0 aliphatic carbocycles. The van der Waals surface area contributed by atoms with Crippen LogP contribution >= 0.6 is 11.6 Å². The number of aliphatic hydroxyl groups is 1. The number of ether oxygens (including phenoxy) is 1. The molecule has 0 aromatic heterocycles. The minimum Gasteiger partial charge on any atom is -0.435 e. The van der Waals surface area contributed by atoms with Crippen LogP contribution in [0.3, 0.4) is 0 Å². The third kappa shape index (κ3) is 5.06. The lowest BCUT2D eigenvalue weighted by Crippen LogP contribution is -2.44. The highest BCUT2D eigenvalue weighted by molar-refractivity contribution is 6.30. The third-order valence-corrected chi connectivity index (χ3v) is 5.27. The van der Waals surface area contributed by atoms with Crippen molar-refractivity contribution in [3.05, 3.63) is 64.7 Å². The summed E-state index contributed by atoms with van der Waals surface area (Å²) in [6.45, 7) is -1.45. The number of amides is 3. The first-order chi connectivity index (χ1) is 14.2. The van der Waals surface area contributed by atoms with E-state index in [-0.39, 0.29) is 12.3 Å². The van der Waals surface area contributed by atoms with Crippen molar-refractivity contribution in [3.8, 4) is 5.75 Å². The van der Waals surface area contributed by atoms with Gasteiger partial charge in [0.1, 0.15) is 11.3 Å². The van der Waals surface area contributed by atoms with Crippen molar-refractivity contribution in [2.45, 2.75) is 38.0 Å². The van der Waals surface area contributed by atoms with Crippen LogP contribution in [0.5, 0.6) is 5.75 Å². The molecule has 30 heavy (non-hydrogen) atoms. The first-order valence-corrected chi connectivity index (χ1v) is 9.67. The van der Waals surface area contributed by atoms with E-state index < -0.39 is 30.2 Å². The zero-order chi connectivity index (χ0) is 21.9. The first kappa shape index (κ1) is 22.0. The van der Waals surface area contributed by atoms with Gasteiger partial charge in [-0.3, -0.25) is 9.69 Å². The van der Waals surface area contributed by atoms with Crippen molar-refractivity contribution >= 4 is 23.5 Å². The van der Waals surface area contributed by atoms with Crippen LogP contribution in [0, 0.1) is 0 Å². The van der Waals surface area contributed by atoms with E-state index in [2.05, 4.69) is 10.1 Å². The van der Waals surface area contributed by atoms with Crippen molar-refractivity contribution in [2.75, 3.05) is 6.54 Å². The summed E-state index contributed by atoms with van der Waals surface area (Å²) in [4.78, 5) is 26.2. The number of nitrogens with zero attached hydrogens (tertiary/aromatic N) is 1. The van der Waals surface area contributed by atoms with E-state index in [1.165, 1.54) is 12.1 Å². The highest BCUT2D eigenvalue weighted by Crippen LogP contribution is 2.26. The summed E-state index contributed by atoms with van der Waals surface area (Å²) in [5.74, 6) is -0.384. The van der Waals surface area contributed by atoms with Gasteiger partial charge in [-0.15, -0.1) is 0 Å². The van der Waals surface area contributed by atoms with Crippen molar-refractivity contribution < 1.29 is 28.2 Å². The summed E-state index contributed by atoms with van der Waals surface area (Å²) in [6.07, 6.45) is -0.299. The van der Waals surface area contributed by atoms with Crippen molar-refractivity contribution in [1.29, 1.82) is 0 Å². The quantitative estimate of drug-likeness (QED) is 0.612. The van der Waals surface area contributed by atoms with Crippen LogP contribution in [-0.2, 0) is 11.2 Å². The van der Waals surface area contributed by atoms with E-state index >= 15 is 0 Å². The molecule has 2 aromatic rings. The minimum absolute atomic E-state index is 0.0487. The topological polar surface area (TPSA) is 78.9 Å². The molecule has 0 radical (unpaired) electrons. The van der Waals surface area contributed by atoms with Gasteiger partial charge in [-0.05, 0) is 55.2 Å². The Bertz CT molecular complexity index is 908. The molecule has 0 saturated carbocycles. The number of alkyl halides is 2. The van der Waals surface area contributed by atoms with Crippen LogP contribution in [0.2, 0.25) is 5.02 Å². The fourth-order valence-electron chi connectivity index (χ4n) is 3.28. The molecule has 0 unspecified atom stereocenters. The lowest BCUT2D eigenvalue weighted by atomic mass is 9.93. The van der Waals surface area contributed by atoms with Gasteiger partial charge in [0.15, 0.2) is 0 Å². The van der Waals surface area contributed by atoms with Gasteiger partial charge in [0, 0.05) is 5.02 Å². The molecule has 1 heterocycles. The molecular weight excluding hydrogens is 418 g/mol. The highest BCUT2D eigenvalue weighted by atomic mass is 35.5. The van der Waals surface area contributed by atoms with Gasteiger partial charge in [-0.2, -0.15) is 8.78 Å². The Morgan fingerprint density at radius 1 is 1.13 bits per heavy atom. The van der Waals surface area contributed by atoms with Crippen LogP contribution in [0.4, 0.5) is 13.6 Å². The maximum atomic E-state index is 12.9. The second kappa shape index (κ2) is 8.97. The van der Waals surface area contributed by atoms with E-state index in [1.54, 1.807) is 43.3 Å². The van der Waals surface area contributed by atoms with Crippen molar-refractivity contribution in [3.63, 3.8) is 0 Å². The number of aryl methyl sites for hydroxylation is 1. The molecule has 0 bridgehead atoms. The second-order valence-corrected chi connectivity index (χ2v) is 7.70. The number of nitrogens with one attached hydrogen (secondary N) is 1. The summed E-state index contributed by atoms with van der Waals surface area (Å²) in [5, 5.41) is 13.6. The van der Waals surface area contributed by atoms with Crippen molar-refractivity contribution in [2.24, 2.45) is 0 Å². The molecule has 0 spiro atoms. The van der Waals surface area contributed by atoms with E-state index in [1.807, 2.05) is 0 Å². The number of carbonyl (C=O) groups excluding carboxylic acids is 2. The average Bonchev–Trinajstić information content (AvgIpc) is 2.91. The SMILES string of the molecule is C[C@]1(CCc2ccc(OC(F)F)cc2)NC(=O)N(C[C@H](O)c2ccc(Cl)cc2)C1=O. The molecule has 6 nitrogen and oxygen atoms in total. The lowest BCUT2D eigenvalue weighted by Gasteiger charge is -2.23. The second-order valence-electron chi connectivity index (χ2n) is 7.27. The summed E-state index contributed by atoms with van der Waals surface area (Å²) in [7, 11) is 0. The Balaban J connectivity index is 1.61. The zero-order valence-electron chi connectivity index (χ0n) is 16.1. The molecular formula is C21H21ClF2N2O4. The van der Waals surface area contributed by atoms with Crippen LogP contribution in [0.25, 0.3) is 0 Å². The Morgan fingerprint density at radius 2 is 1.77 bits per heavy atom. The standard InChI is InChI=1S/C21H21ClF2N2O4/c1-21(11-10-13-2-8-16(9-3-13)30-19(23)24)18(28)26(20(29)25-21)12-17(27)14-4-6-15(22)7-5-14/h2-9,17,19,27H,10-12H2,1H3,(H,25,29)/t17-,21+/m0/s1. The Labute approximate surface area is 177 Å². The van der Waals surface area contributed by atoms with Gasteiger partial charge in [0.2, 0.25) is 0 Å². The fraction of sp³-hybridized carbons (Fsp3) is 0.333. The number of carbonyl (C=O) groups is 2. The van der Waals surface area contributed by atoms with Crippen LogP contribution in [-0.4, -0.2) is 40.6 Å². The number of hydrogen-bond donors (Lipinski definition) is 2. The van der Waals surface area contributed by atoms with Crippen LogP contribution in [0.1, 0.15) is 30.6 Å². The number of halogens is 3.